The van der Waals surface area contributed by atoms with E-state index in [1.165, 1.54) is 7.11 Å². The molecule has 1 N–H and O–H groups in total. The number of anilines is 1. The molecule has 1 aromatic rings. The van der Waals surface area contributed by atoms with Crippen molar-refractivity contribution in [1.29, 1.82) is 0 Å². The standard InChI is InChI=1S/C13H20N2O3/c1-9(2)18-11-10(7-6-8-14-11)15-12(16)13(3,4)17-5/h6-9H,1-5H3,(H,15,16). The van der Waals surface area contributed by atoms with Crippen LogP contribution in [0.15, 0.2) is 18.3 Å². The van der Waals surface area contributed by atoms with E-state index >= 15 is 0 Å². The van der Waals surface area contributed by atoms with E-state index in [9.17, 15) is 4.79 Å². The molecule has 18 heavy (non-hydrogen) atoms. The van der Waals surface area contributed by atoms with Gasteiger partial charge in [-0.05, 0) is 39.8 Å². The highest BCUT2D eigenvalue weighted by Gasteiger charge is 2.27. The third kappa shape index (κ3) is 3.70. The minimum atomic E-state index is -0.898. The molecule has 0 fully saturated rings. The van der Waals surface area contributed by atoms with Crippen LogP contribution in [0, 0.1) is 0 Å². The maximum absolute atomic E-state index is 12.0. The lowest BCUT2D eigenvalue weighted by molar-refractivity contribution is -0.133. The Bertz CT molecular complexity index is 416. The predicted molar refractivity (Wildman–Crippen MR) is 69.7 cm³/mol. The van der Waals surface area contributed by atoms with Gasteiger partial charge < -0.3 is 14.8 Å². The molecule has 0 aliphatic carbocycles. The Morgan fingerprint density at radius 2 is 2.11 bits per heavy atom. The molecule has 0 aromatic carbocycles. The Morgan fingerprint density at radius 1 is 1.44 bits per heavy atom. The zero-order valence-corrected chi connectivity index (χ0v) is 11.5. The topological polar surface area (TPSA) is 60.5 Å². The molecule has 0 radical (unpaired) electrons. The van der Waals surface area contributed by atoms with Crippen LogP contribution in [0.5, 0.6) is 5.88 Å². The first-order valence-electron chi connectivity index (χ1n) is 5.85. The summed E-state index contributed by atoms with van der Waals surface area (Å²) < 4.78 is 10.6. The minimum absolute atomic E-state index is 0.00835. The van der Waals surface area contributed by atoms with E-state index in [4.69, 9.17) is 9.47 Å². The number of hydrogen-bond donors (Lipinski definition) is 1. The van der Waals surface area contributed by atoms with E-state index in [0.29, 0.717) is 11.6 Å². The highest BCUT2D eigenvalue weighted by atomic mass is 16.5. The van der Waals surface area contributed by atoms with Crippen molar-refractivity contribution in [1.82, 2.24) is 4.98 Å². The fraction of sp³-hybridized carbons (Fsp3) is 0.538. The van der Waals surface area contributed by atoms with Crippen LogP contribution < -0.4 is 10.1 Å². The predicted octanol–water partition coefficient (Wildman–Crippen LogP) is 2.23. The van der Waals surface area contributed by atoms with Gasteiger partial charge in [0, 0.05) is 13.3 Å². The molecule has 0 saturated carbocycles. The van der Waals surface area contributed by atoms with Gasteiger partial charge in [0.15, 0.2) is 0 Å². The molecule has 1 rings (SSSR count). The number of amides is 1. The molecule has 0 bridgehead atoms. The maximum Gasteiger partial charge on any atom is 0.256 e. The van der Waals surface area contributed by atoms with Gasteiger partial charge in [0.2, 0.25) is 5.88 Å². The minimum Gasteiger partial charge on any atom is -0.473 e. The summed E-state index contributed by atoms with van der Waals surface area (Å²) in [5.41, 5.74) is -0.355. The van der Waals surface area contributed by atoms with Crippen molar-refractivity contribution in [3.05, 3.63) is 18.3 Å². The van der Waals surface area contributed by atoms with Crippen LogP contribution in [-0.4, -0.2) is 29.7 Å². The molecule has 1 amide bonds. The van der Waals surface area contributed by atoms with Gasteiger partial charge in [-0.1, -0.05) is 0 Å². The number of carbonyl (C=O) groups is 1. The second kappa shape index (κ2) is 5.82. The normalized spacial score (nSPS) is 11.4. The summed E-state index contributed by atoms with van der Waals surface area (Å²) in [5.74, 6) is 0.166. The maximum atomic E-state index is 12.0. The Labute approximate surface area is 108 Å². The largest absolute Gasteiger partial charge is 0.473 e. The fourth-order valence-electron chi connectivity index (χ4n) is 1.17. The Hall–Kier alpha value is -1.62. The van der Waals surface area contributed by atoms with Gasteiger partial charge in [0.25, 0.3) is 5.91 Å². The van der Waals surface area contributed by atoms with Crippen molar-refractivity contribution in [2.45, 2.75) is 39.4 Å². The van der Waals surface area contributed by atoms with Crippen LogP contribution in [0.3, 0.4) is 0 Å². The number of aromatic nitrogens is 1. The van der Waals surface area contributed by atoms with Crippen molar-refractivity contribution in [3.8, 4) is 5.88 Å². The number of carbonyl (C=O) groups excluding carboxylic acids is 1. The number of ether oxygens (including phenoxy) is 2. The third-order valence-electron chi connectivity index (χ3n) is 2.42. The van der Waals surface area contributed by atoms with Gasteiger partial charge >= 0.3 is 0 Å². The van der Waals surface area contributed by atoms with Gasteiger partial charge in [-0.15, -0.1) is 0 Å². The third-order valence-corrected chi connectivity index (χ3v) is 2.42. The SMILES string of the molecule is COC(C)(C)C(=O)Nc1cccnc1OC(C)C. The molecule has 0 atom stereocenters. The van der Waals surface area contributed by atoms with Crippen molar-refractivity contribution in [3.63, 3.8) is 0 Å². The molecule has 0 saturated heterocycles. The molecule has 100 valence electrons. The monoisotopic (exact) mass is 252 g/mol. The van der Waals surface area contributed by atoms with E-state index in [1.807, 2.05) is 13.8 Å². The molecular formula is C13H20N2O3. The van der Waals surface area contributed by atoms with Crippen molar-refractivity contribution in [2.75, 3.05) is 12.4 Å². The summed E-state index contributed by atoms with van der Waals surface area (Å²) in [6.45, 7) is 7.20. The molecular weight excluding hydrogens is 232 g/mol. The van der Waals surface area contributed by atoms with Gasteiger partial charge in [-0.3, -0.25) is 4.79 Å². The summed E-state index contributed by atoms with van der Waals surface area (Å²) in [4.78, 5) is 16.1. The van der Waals surface area contributed by atoms with Gasteiger partial charge in [-0.25, -0.2) is 4.98 Å². The first-order valence-corrected chi connectivity index (χ1v) is 5.85. The quantitative estimate of drug-likeness (QED) is 0.873. The molecule has 1 heterocycles. The molecule has 0 unspecified atom stereocenters. The van der Waals surface area contributed by atoms with Crippen molar-refractivity contribution < 1.29 is 14.3 Å². The number of hydrogen-bond acceptors (Lipinski definition) is 4. The molecule has 5 heteroatoms. The number of nitrogens with zero attached hydrogens (tertiary/aromatic N) is 1. The molecule has 1 aromatic heterocycles. The zero-order valence-electron chi connectivity index (χ0n) is 11.5. The lowest BCUT2D eigenvalue weighted by Crippen LogP contribution is -2.39. The first kappa shape index (κ1) is 14.4. The number of methoxy groups -OCH3 is 1. The highest BCUT2D eigenvalue weighted by Crippen LogP contribution is 2.23. The molecule has 5 nitrogen and oxygen atoms in total. The van der Waals surface area contributed by atoms with E-state index in [-0.39, 0.29) is 12.0 Å². The van der Waals surface area contributed by atoms with Crippen molar-refractivity contribution >= 4 is 11.6 Å². The summed E-state index contributed by atoms with van der Waals surface area (Å²) in [5, 5.41) is 2.76. The van der Waals surface area contributed by atoms with Crippen LogP contribution in [0.1, 0.15) is 27.7 Å². The summed E-state index contributed by atoms with van der Waals surface area (Å²) in [6, 6.07) is 3.48. The smallest absolute Gasteiger partial charge is 0.256 e. The lowest BCUT2D eigenvalue weighted by atomic mass is 10.1. The number of nitrogens with one attached hydrogen (secondary N) is 1. The fourth-order valence-corrected chi connectivity index (χ4v) is 1.17. The summed E-state index contributed by atoms with van der Waals surface area (Å²) in [6.07, 6.45) is 1.61. The van der Waals surface area contributed by atoms with Crippen LogP contribution in [0.4, 0.5) is 5.69 Å². The van der Waals surface area contributed by atoms with E-state index in [1.54, 1.807) is 32.2 Å². The van der Waals surface area contributed by atoms with E-state index in [0.717, 1.165) is 0 Å². The lowest BCUT2D eigenvalue weighted by Gasteiger charge is -2.22. The zero-order chi connectivity index (χ0) is 13.8. The Kier molecular flexibility index (Phi) is 4.67. The Balaban J connectivity index is 2.87. The highest BCUT2D eigenvalue weighted by molar-refractivity contribution is 5.97. The Morgan fingerprint density at radius 3 is 2.67 bits per heavy atom. The summed E-state index contributed by atoms with van der Waals surface area (Å²) >= 11 is 0. The average molecular weight is 252 g/mol. The van der Waals surface area contributed by atoms with Gasteiger partial charge in [0.1, 0.15) is 11.3 Å². The van der Waals surface area contributed by atoms with Crippen LogP contribution in [0.25, 0.3) is 0 Å². The number of pyridine rings is 1. The van der Waals surface area contributed by atoms with Crippen LogP contribution in [-0.2, 0) is 9.53 Å². The molecule has 0 aliphatic rings. The summed E-state index contributed by atoms with van der Waals surface area (Å²) in [7, 11) is 1.49. The van der Waals surface area contributed by atoms with E-state index < -0.39 is 5.60 Å². The van der Waals surface area contributed by atoms with Gasteiger partial charge in [0.05, 0.1) is 6.10 Å². The second-order valence-electron chi connectivity index (χ2n) is 4.69. The van der Waals surface area contributed by atoms with Crippen LogP contribution >= 0.6 is 0 Å². The van der Waals surface area contributed by atoms with Crippen LogP contribution in [0.2, 0.25) is 0 Å². The van der Waals surface area contributed by atoms with Crippen molar-refractivity contribution in [2.24, 2.45) is 0 Å². The first-order chi connectivity index (χ1) is 8.36. The van der Waals surface area contributed by atoms with E-state index in [2.05, 4.69) is 10.3 Å². The second-order valence-corrected chi connectivity index (χ2v) is 4.69. The number of rotatable bonds is 5. The molecule has 0 aliphatic heterocycles. The molecule has 0 spiro atoms. The average Bonchev–Trinajstić information content (AvgIpc) is 2.31. The van der Waals surface area contributed by atoms with Gasteiger partial charge in [-0.2, -0.15) is 0 Å².